The van der Waals surface area contributed by atoms with Gasteiger partial charge in [-0.05, 0) is 0 Å². The maximum absolute atomic E-state index is 11.0. The molecule has 1 rings (SSSR count). The second kappa shape index (κ2) is 2.38. The van der Waals surface area contributed by atoms with E-state index in [1.165, 1.54) is 11.4 Å². The summed E-state index contributed by atoms with van der Waals surface area (Å²) < 4.78 is 15.9. The maximum Gasteiger partial charge on any atom is 0.256 e. The summed E-state index contributed by atoms with van der Waals surface area (Å²) in [6.07, 6.45) is 5.08. The first-order chi connectivity index (χ1) is 4.14. The van der Waals surface area contributed by atoms with Gasteiger partial charge >= 0.3 is 0 Å². The van der Waals surface area contributed by atoms with Gasteiger partial charge in [-0.15, -0.1) is 6.42 Å². The molecule has 2 atom stereocenters. The lowest BCUT2D eigenvalue weighted by Crippen LogP contribution is -1.96. The summed E-state index contributed by atoms with van der Waals surface area (Å²) in [5.41, 5.74) is 0. The van der Waals surface area contributed by atoms with E-state index in [1.54, 1.807) is 6.66 Å². The Hall–Kier alpha value is 0.100. The van der Waals surface area contributed by atoms with E-state index in [2.05, 4.69) is 5.92 Å². The van der Waals surface area contributed by atoms with Gasteiger partial charge < -0.3 is 4.52 Å². The molecule has 1 fully saturated rings. The van der Waals surface area contributed by atoms with Gasteiger partial charge in [-0.25, -0.2) is 0 Å². The molecule has 1 heterocycles. The molecule has 9 heavy (non-hydrogen) atoms. The topological polar surface area (TPSA) is 26.3 Å². The van der Waals surface area contributed by atoms with Gasteiger partial charge in [-0.2, -0.15) is 0 Å². The van der Waals surface area contributed by atoms with Crippen LogP contribution >= 0.6 is 18.0 Å². The third-order valence-electron chi connectivity index (χ3n) is 0.965. The van der Waals surface area contributed by atoms with Crippen LogP contribution in [0.4, 0.5) is 0 Å². The van der Waals surface area contributed by atoms with Gasteiger partial charge in [-0.3, -0.25) is 4.57 Å². The van der Waals surface area contributed by atoms with E-state index in [1.807, 2.05) is 0 Å². The Labute approximate surface area is 58.6 Å². The van der Waals surface area contributed by atoms with Gasteiger partial charge in [0.2, 0.25) is 0 Å². The van der Waals surface area contributed by atoms with Crippen molar-refractivity contribution in [1.29, 1.82) is 0 Å². The molecule has 0 aromatic heterocycles. The van der Waals surface area contributed by atoms with Crippen molar-refractivity contribution in [3.8, 4) is 12.3 Å². The molecule has 0 bridgehead atoms. The summed E-state index contributed by atoms with van der Waals surface area (Å²) in [7, 11) is 0. The number of hydrogen-bond donors (Lipinski definition) is 0. The molecule has 1 aliphatic rings. The normalized spacial score (nSPS) is 42.4. The third-order valence-corrected chi connectivity index (χ3v) is 4.72. The molecule has 0 spiro atoms. The van der Waals surface area contributed by atoms with Crippen LogP contribution in [0, 0.1) is 12.3 Å². The smallest absolute Gasteiger partial charge is 0.256 e. The molecule has 0 radical (unpaired) electrons. The first-order valence-corrected chi connectivity index (χ1v) is 6.06. The lowest BCUT2D eigenvalue weighted by atomic mass is 10.5. The van der Waals surface area contributed by atoms with Crippen molar-refractivity contribution in [1.82, 2.24) is 0 Å². The fourth-order valence-electron chi connectivity index (χ4n) is 0.574. The molecule has 0 amide bonds. The van der Waals surface area contributed by atoms with Crippen molar-refractivity contribution >= 4 is 18.0 Å². The Kier molecular flexibility index (Phi) is 1.91. The van der Waals surface area contributed by atoms with Crippen LogP contribution in [0.2, 0.25) is 0 Å². The van der Waals surface area contributed by atoms with E-state index in [0.717, 1.165) is 0 Å². The van der Waals surface area contributed by atoms with Crippen LogP contribution in [0.3, 0.4) is 0 Å². The molecule has 1 aliphatic heterocycles. The van der Waals surface area contributed by atoms with Crippen LogP contribution < -0.4 is 0 Å². The van der Waals surface area contributed by atoms with Gasteiger partial charge in [0.1, 0.15) is 0 Å². The second-order valence-corrected chi connectivity index (χ2v) is 7.03. The van der Waals surface area contributed by atoms with Crippen molar-refractivity contribution in [3.05, 3.63) is 0 Å². The average Bonchev–Trinajstić information content (AvgIpc) is 2.10. The van der Waals surface area contributed by atoms with Crippen LogP contribution in [0.15, 0.2) is 0 Å². The molecule has 0 aromatic rings. The lowest BCUT2D eigenvalue weighted by molar-refractivity contribution is 0.352. The molecule has 1 saturated heterocycles. The fraction of sp³-hybridized carbons (Fsp3) is 0.600. The van der Waals surface area contributed by atoms with Gasteiger partial charge in [0, 0.05) is 6.66 Å². The van der Waals surface area contributed by atoms with E-state index in [-0.39, 0.29) is 5.25 Å². The predicted molar refractivity (Wildman–Crippen MR) is 39.7 cm³/mol. The van der Waals surface area contributed by atoms with Crippen LogP contribution in [0.1, 0.15) is 0 Å². The van der Waals surface area contributed by atoms with Crippen molar-refractivity contribution < 1.29 is 9.09 Å². The van der Waals surface area contributed by atoms with Crippen LogP contribution in [-0.2, 0) is 9.09 Å². The third kappa shape index (κ3) is 1.76. The Morgan fingerprint density at radius 1 is 2.00 bits per heavy atom. The number of hydrogen-bond acceptors (Lipinski definition) is 3. The van der Waals surface area contributed by atoms with Crippen molar-refractivity contribution in [2.75, 3.05) is 13.3 Å². The zero-order valence-electron chi connectivity index (χ0n) is 5.03. The first kappa shape index (κ1) is 7.21. The molecule has 0 aliphatic carbocycles. The molecule has 50 valence electrons. The molecule has 0 N–H and O–H groups in total. The van der Waals surface area contributed by atoms with E-state index in [4.69, 9.17) is 10.9 Å². The molecule has 0 saturated carbocycles. The van der Waals surface area contributed by atoms with Gasteiger partial charge in [0.25, 0.3) is 6.57 Å². The molecule has 2 nitrogen and oxygen atoms in total. The Bertz CT molecular complexity index is 196. The minimum atomic E-state index is -2.34. The molecule has 4 heteroatoms. The lowest BCUT2D eigenvalue weighted by Gasteiger charge is -1.97. The van der Waals surface area contributed by atoms with Crippen LogP contribution in [0.5, 0.6) is 0 Å². The highest BCUT2D eigenvalue weighted by Gasteiger charge is 2.30. The Balaban J connectivity index is 2.60. The standard InChI is InChI=1S/C5H7O2PS/c1-3-5-4-7-8(2,6)9-5/h1,5H,4H2,2H3. The minimum absolute atomic E-state index is 0.000772. The monoisotopic (exact) mass is 162 g/mol. The van der Waals surface area contributed by atoms with E-state index >= 15 is 0 Å². The highest BCUT2D eigenvalue weighted by Crippen LogP contribution is 2.62. The summed E-state index contributed by atoms with van der Waals surface area (Å²) in [4.78, 5) is 0. The zero-order valence-corrected chi connectivity index (χ0v) is 6.74. The summed E-state index contributed by atoms with van der Waals surface area (Å²) in [6, 6.07) is 0. The van der Waals surface area contributed by atoms with E-state index < -0.39 is 6.57 Å². The summed E-state index contributed by atoms with van der Waals surface area (Å²) in [5.74, 6) is 2.49. The molecular weight excluding hydrogens is 155 g/mol. The largest absolute Gasteiger partial charge is 0.319 e. The molecule has 2 unspecified atom stereocenters. The van der Waals surface area contributed by atoms with Crippen LogP contribution in [0.25, 0.3) is 0 Å². The van der Waals surface area contributed by atoms with E-state index in [9.17, 15) is 4.57 Å². The predicted octanol–water partition coefficient (Wildman–Crippen LogP) is 1.57. The zero-order chi connectivity index (χ0) is 6.91. The van der Waals surface area contributed by atoms with Crippen molar-refractivity contribution in [2.45, 2.75) is 5.25 Å². The minimum Gasteiger partial charge on any atom is -0.319 e. The average molecular weight is 162 g/mol. The highest BCUT2D eigenvalue weighted by molar-refractivity contribution is 8.57. The second-order valence-electron chi connectivity index (χ2n) is 1.83. The van der Waals surface area contributed by atoms with Gasteiger partial charge in [0.15, 0.2) is 0 Å². The first-order valence-electron chi connectivity index (χ1n) is 2.50. The summed E-state index contributed by atoms with van der Waals surface area (Å²) in [5, 5.41) is 0.000772. The Morgan fingerprint density at radius 3 is 2.89 bits per heavy atom. The molecular formula is C5H7O2PS. The maximum atomic E-state index is 11.0. The fourth-order valence-corrected chi connectivity index (χ4v) is 3.92. The Morgan fingerprint density at radius 2 is 2.67 bits per heavy atom. The van der Waals surface area contributed by atoms with E-state index in [0.29, 0.717) is 6.61 Å². The SMILES string of the molecule is C#CC1COP(C)(=O)S1. The van der Waals surface area contributed by atoms with Crippen molar-refractivity contribution in [3.63, 3.8) is 0 Å². The van der Waals surface area contributed by atoms with Gasteiger partial charge in [0.05, 0.1) is 11.9 Å². The van der Waals surface area contributed by atoms with Crippen LogP contribution in [-0.4, -0.2) is 18.5 Å². The van der Waals surface area contributed by atoms with Gasteiger partial charge in [-0.1, -0.05) is 17.3 Å². The molecule has 0 aromatic carbocycles. The van der Waals surface area contributed by atoms with Crippen molar-refractivity contribution in [2.24, 2.45) is 0 Å². The number of terminal acetylenes is 1. The summed E-state index contributed by atoms with van der Waals surface area (Å²) in [6.45, 7) is -0.310. The highest BCUT2D eigenvalue weighted by atomic mass is 32.7. The number of rotatable bonds is 0. The summed E-state index contributed by atoms with van der Waals surface area (Å²) >= 11 is 1.27. The quantitative estimate of drug-likeness (QED) is 0.399.